The van der Waals surface area contributed by atoms with E-state index in [2.05, 4.69) is 10.6 Å². The highest BCUT2D eigenvalue weighted by Gasteiger charge is 2.24. The topological polar surface area (TPSA) is 78.4 Å². The molecule has 0 rings (SSSR count). The Morgan fingerprint density at radius 3 is 2.50 bits per heavy atom. The van der Waals surface area contributed by atoms with Crippen molar-refractivity contribution in [3.05, 3.63) is 0 Å². The van der Waals surface area contributed by atoms with Gasteiger partial charge in [0.25, 0.3) is 0 Å². The number of carbonyl (C=O) groups excluding carboxylic acids is 1. The summed E-state index contributed by atoms with van der Waals surface area (Å²) in [5, 5.41) is 14.0. The van der Waals surface area contributed by atoms with Crippen LogP contribution >= 0.6 is 11.8 Å². The van der Waals surface area contributed by atoms with Gasteiger partial charge in [-0.2, -0.15) is 11.8 Å². The number of amides is 2. The predicted molar refractivity (Wildman–Crippen MR) is 65.8 cm³/mol. The van der Waals surface area contributed by atoms with E-state index in [0.717, 1.165) is 5.75 Å². The van der Waals surface area contributed by atoms with Crippen LogP contribution in [0.2, 0.25) is 0 Å². The summed E-state index contributed by atoms with van der Waals surface area (Å²) in [4.78, 5) is 22.3. The minimum atomic E-state index is -0.991. The first-order chi connectivity index (χ1) is 7.52. The number of carboxylic acids is 1. The smallest absolute Gasteiger partial charge is 0.326 e. The second-order valence-electron chi connectivity index (χ2n) is 3.59. The quantitative estimate of drug-likeness (QED) is 0.591. The molecule has 0 spiro atoms. The Morgan fingerprint density at radius 1 is 1.44 bits per heavy atom. The lowest BCUT2D eigenvalue weighted by Crippen LogP contribution is -2.49. The molecule has 0 aromatic heterocycles. The van der Waals surface area contributed by atoms with Crippen molar-refractivity contribution in [1.82, 2.24) is 10.6 Å². The molecule has 0 saturated heterocycles. The number of nitrogens with one attached hydrogen (secondary N) is 2. The van der Waals surface area contributed by atoms with Crippen LogP contribution in [0.3, 0.4) is 0 Å². The van der Waals surface area contributed by atoms with Crippen molar-refractivity contribution in [1.29, 1.82) is 0 Å². The number of thioether (sulfide) groups is 1. The molecule has 2 atom stereocenters. The highest BCUT2D eigenvalue weighted by molar-refractivity contribution is 7.98. The first-order valence-corrected chi connectivity index (χ1v) is 6.68. The Morgan fingerprint density at radius 2 is 2.06 bits per heavy atom. The molecule has 6 heteroatoms. The molecule has 0 heterocycles. The molecular weight excluding hydrogens is 228 g/mol. The molecule has 3 N–H and O–H groups in total. The third kappa shape index (κ3) is 5.85. The standard InChI is InChI=1S/C10H20N2O3S/c1-4-7(2)8(9(13)14)12-10(15)11-5-6-16-3/h7-8H,4-6H2,1-3H3,(H,13,14)(H2,11,12,15)/t7?,8-/m0/s1. The van der Waals surface area contributed by atoms with Gasteiger partial charge in [-0.15, -0.1) is 0 Å². The van der Waals surface area contributed by atoms with Crippen molar-refractivity contribution < 1.29 is 14.7 Å². The molecule has 0 aliphatic heterocycles. The summed E-state index contributed by atoms with van der Waals surface area (Å²) in [7, 11) is 0. The summed E-state index contributed by atoms with van der Waals surface area (Å²) < 4.78 is 0. The summed E-state index contributed by atoms with van der Waals surface area (Å²) in [6.07, 6.45) is 2.65. The Hall–Kier alpha value is -0.910. The Bertz CT molecular complexity index is 236. The molecular formula is C10H20N2O3S. The van der Waals surface area contributed by atoms with Crippen LogP contribution in [-0.2, 0) is 4.79 Å². The second kappa shape index (κ2) is 8.27. The normalized spacial score (nSPS) is 13.9. The van der Waals surface area contributed by atoms with Crippen molar-refractivity contribution in [3.8, 4) is 0 Å². The first-order valence-electron chi connectivity index (χ1n) is 5.29. The maximum absolute atomic E-state index is 11.4. The minimum absolute atomic E-state index is 0.0798. The third-order valence-electron chi connectivity index (χ3n) is 2.36. The molecule has 5 nitrogen and oxygen atoms in total. The minimum Gasteiger partial charge on any atom is -0.480 e. The molecule has 0 aliphatic carbocycles. The molecule has 2 amide bonds. The first kappa shape index (κ1) is 15.1. The van der Waals surface area contributed by atoms with E-state index in [4.69, 9.17) is 5.11 Å². The van der Waals surface area contributed by atoms with Crippen molar-refractivity contribution >= 4 is 23.8 Å². The van der Waals surface area contributed by atoms with Gasteiger partial charge in [-0.3, -0.25) is 0 Å². The van der Waals surface area contributed by atoms with Gasteiger partial charge in [0.2, 0.25) is 0 Å². The van der Waals surface area contributed by atoms with Crippen LogP contribution in [0.25, 0.3) is 0 Å². The molecule has 0 aliphatic rings. The molecule has 16 heavy (non-hydrogen) atoms. The van der Waals surface area contributed by atoms with Crippen LogP contribution in [0.15, 0.2) is 0 Å². The lowest BCUT2D eigenvalue weighted by atomic mass is 9.99. The average Bonchev–Trinajstić information content (AvgIpc) is 2.25. The molecule has 0 aromatic rings. The van der Waals surface area contributed by atoms with Gasteiger partial charge in [-0.25, -0.2) is 9.59 Å². The number of hydrogen-bond acceptors (Lipinski definition) is 3. The molecule has 94 valence electrons. The van der Waals surface area contributed by atoms with Crippen LogP contribution < -0.4 is 10.6 Å². The van der Waals surface area contributed by atoms with Crippen molar-refractivity contribution in [2.75, 3.05) is 18.6 Å². The number of rotatable bonds is 7. The zero-order valence-corrected chi connectivity index (χ0v) is 10.8. The van der Waals surface area contributed by atoms with Gasteiger partial charge in [0.05, 0.1) is 0 Å². The van der Waals surface area contributed by atoms with Crippen molar-refractivity contribution in [2.24, 2.45) is 5.92 Å². The lowest BCUT2D eigenvalue weighted by Gasteiger charge is -2.20. The van der Waals surface area contributed by atoms with Gasteiger partial charge in [0.15, 0.2) is 0 Å². The van der Waals surface area contributed by atoms with E-state index in [-0.39, 0.29) is 5.92 Å². The summed E-state index contributed by atoms with van der Waals surface area (Å²) in [6, 6.07) is -1.24. The number of urea groups is 1. The van der Waals surface area contributed by atoms with Gasteiger partial charge in [-0.05, 0) is 12.2 Å². The van der Waals surface area contributed by atoms with Crippen LogP contribution in [0, 0.1) is 5.92 Å². The summed E-state index contributed by atoms with van der Waals surface area (Å²) in [5.41, 5.74) is 0. The SMILES string of the molecule is CCC(C)[C@H](NC(=O)NCCSC)C(=O)O. The van der Waals surface area contributed by atoms with Crippen LogP contribution in [0.4, 0.5) is 4.79 Å². The van der Waals surface area contributed by atoms with Crippen LogP contribution in [-0.4, -0.2) is 41.7 Å². The number of hydrogen-bond donors (Lipinski definition) is 3. The fourth-order valence-electron chi connectivity index (χ4n) is 1.14. The van der Waals surface area contributed by atoms with Crippen LogP contribution in [0.5, 0.6) is 0 Å². The summed E-state index contributed by atoms with van der Waals surface area (Å²) in [5.74, 6) is -0.257. The second-order valence-corrected chi connectivity index (χ2v) is 4.58. The van der Waals surface area contributed by atoms with Gasteiger partial charge in [-0.1, -0.05) is 20.3 Å². The average molecular weight is 248 g/mol. The van der Waals surface area contributed by atoms with Crippen molar-refractivity contribution in [2.45, 2.75) is 26.3 Å². The van der Waals surface area contributed by atoms with E-state index in [1.165, 1.54) is 0 Å². The van der Waals surface area contributed by atoms with Gasteiger partial charge in [0, 0.05) is 12.3 Å². The predicted octanol–water partition coefficient (Wildman–Crippen LogP) is 1.15. The zero-order chi connectivity index (χ0) is 12.6. The Kier molecular flexibility index (Phi) is 7.80. The van der Waals surface area contributed by atoms with E-state index < -0.39 is 18.0 Å². The fourth-order valence-corrected chi connectivity index (χ4v) is 1.45. The number of aliphatic carboxylic acids is 1. The molecule has 0 saturated carbocycles. The van der Waals surface area contributed by atoms with Gasteiger partial charge in [0.1, 0.15) is 6.04 Å². The van der Waals surface area contributed by atoms with E-state index in [1.54, 1.807) is 18.7 Å². The van der Waals surface area contributed by atoms with E-state index in [1.807, 2.05) is 13.2 Å². The van der Waals surface area contributed by atoms with E-state index in [9.17, 15) is 9.59 Å². The molecule has 0 fully saturated rings. The molecule has 0 aromatic carbocycles. The monoisotopic (exact) mass is 248 g/mol. The Labute approximate surface area is 100 Å². The van der Waals surface area contributed by atoms with Crippen molar-refractivity contribution in [3.63, 3.8) is 0 Å². The molecule has 0 radical (unpaired) electrons. The maximum Gasteiger partial charge on any atom is 0.326 e. The highest BCUT2D eigenvalue weighted by Crippen LogP contribution is 2.07. The zero-order valence-electron chi connectivity index (χ0n) is 9.95. The molecule has 0 bridgehead atoms. The van der Waals surface area contributed by atoms with Gasteiger partial charge < -0.3 is 15.7 Å². The van der Waals surface area contributed by atoms with E-state index in [0.29, 0.717) is 13.0 Å². The number of carboxylic acid groups (broad SMARTS) is 1. The summed E-state index contributed by atoms with van der Waals surface area (Å²) >= 11 is 1.62. The third-order valence-corrected chi connectivity index (χ3v) is 2.97. The van der Waals surface area contributed by atoms with Crippen LogP contribution in [0.1, 0.15) is 20.3 Å². The Balaban J connectivity index is 4.09. The maximum atomic E-state index is 11.4. The van der Waals surface area contributed by atoms with E-state index >= 15 is 0 Å². The van der Waals surface area contributed by atoms with Gasteiger partial charge >= 0.3 is 12.0 Å². The molecule has 1 unspecified atom stereocenters. The fraction of sp³-hybridized carbons (Fsp3) is 0.800. The summed E-state index contributed by atoms with van der Waals surface area (Å²) in [6.45, 7) is 4.24. The largest absolute Gasteiger partial charge is 0.480 e. The number of carbonyl (C=O) groups is 2. The lowest BCUT2D eigenvalue weighted by molar-refractivity contribution is -0.140. The highest BCUT2D eigenvalue weighted by atomic mass is 32.2.